The molecule has 23 heavy (non-hydrogen) atoms. The zero-order valence-corrected chi connectivity index (χ0v) is 12.7. The first-order chi connectivity index (χ1) is 11.3. The van der Waals surface area contributed by atoms with Gasteiger partial charge in [0.25, 0.3) is 0 Å². The van der Waals surface area contributed by atoms with Gasteiger partial charge in [0.1, 0.15) is 11.5 Å². The zero-order chi connectivity index (χ0) is 15.6. The van der Waals surface area contributed by atoms with Gasteiger partial charge in [0.05, 0.1) is 0 Å². The third-order valence-electron chi connectivity index (χ3n) is 4.19. The molecule has 0 amide bonds. The van der Waals surface area contributed by atoms with Crippen LogP contribution >= 0.6 is 0 Å². The highest BCUT2D eigenvalue weighted by Crippen LogP contribution is 2.30. The van der Waals surface area contributed by atoms with Gasteiger partial charge >= 0.3 is 0 Å². The van der Waals surface area contributed by atoms with Crippen LogP contribution in [0.25, 0.3) is 11.1 Å². The van der Waals surface area contributed by atoms with Crippen LogP contribution in [0.5, 0.6) is 11.5 Å². The Bertz CT molecular complexity index is 849. The van der Waals surface area contributed by atoms with Crippen molar-refractivity contribution in [1.29, 1.82) is 0 Å². The van der Waals surface area contributed by atoms with Crippen LogP contribution in [0.4, 0.5) is 0 Å². The van der Waals surface area contributed by atoms with Gasteiger partial charge in [-0.25, -0.2) is 0 Å². The lowest BCUT2D eigenvalue weighted by Crippen LogP contribution is -1.91. The van der Waals surface area contributed by atoms with Crippen molar-refractivity contribution in [2.45, 2.75) is 12.8 Å². The summed E-state index contributed by atoms with van der Waals surface area (Å²) in [7, 11) is 0. The number of carbonyl (C=O) groups excluding carboxylic acids is 1. The highest BCUT2D eigenvalue weighted by atomic mass is 16.5. The number of rotatable bonds is 3. The van der Waals surface area contributed by atoms with Gasteiger partial charge in [-0.1, -0.05) is 48.5 Å². The molecule has 0 saturated heterocycles. The van der Waals surface area contributed by atoms with Crippen LogP contribution in [0.2, 0.25) is 0 Å². The SMILES string of the molecule is O=C1CCc2cc(-c3ccc(Oc4ccccc4)cc3)ccc21. The van der Waals surface area contributed by atoms with E-state index in [0.29, 0.717) is 6.42 Å². The van der Waals surface area contributed by atoms with E-state index < -0.39 is 0 Å². The number of ketones is 1. The number of fused-ring (bicyclic) bond motifs is 1. The van der Waals surface area contributed by atoms with Gasteiger partial charge < -0.3 is 4.74 Å². The van der Waals surface area contributed by atoms with Crippen LogP contribution in [0, 0.1) is 0 Å². The van der Waals surface area contributed by atoms with Gasteiger partial charge in [0, 0.05) is 12.0 Å². The van der Waals surface area contributed by atoms with Crippen molar-refractivity contribution in [3.8, 4) is 22.6 Å². The molecular weight excluding hydrogens is 284 g/mol. The maximum atomic E-state index is 11.7. The van der Waals surface area contributed by atoms with E-state index in [9.17, 15) is 4.79 Å². The molecule has 0 unspecified atom stereocenters. The highest BCUT2D eigenvalue weighted by Gasteiger charge is 2.19. The first-order valence-corrected chi connectivity index (χ1v) is 7.79. The molecule has 2 heteroatoms. The summed E-state index contributed by atoms with van der Waals surface area (Å²) in [6.07, 6.45) is 1.50. The van der Waals surface area contributed by atoms with Crippen molar-refractivity contribution in [3.63, 3.8) is 0 Å². The normalized spacial score (nSPS) is 13.0. The summed E-state index contributed by atoms with van der Waals surface area (Å²) in [6.45, 7) is 0. The van der Waals surface area contributed by atoms with Crippen molar-refractivity contribution in [2.24, 2.45) is 0 Å². The molecule has 4 rings (SSSR count). The second-order valence-electron chi connectivity index (χ2n) is 5.73. The van der Waals surface area contributed by atoms with Gasteiger partial charge in [0.15, 0.2) is 5.78 Å². The monoisotopic (exact) mass is 300 g/mol. The van der Waals surface area contributed by atoms with Gasteiger partial charge in [-0.15, -0.1) is 0 Å². The third-order valence-corrected chi connectivity index (χ3v) is 4.19. The maximum absolute atomic E-state index is 11.7. The Morgan fingerprint density at radius 1 is 0.696 bits per heavy atom. The largest absolute Gasteiger partial charge is 0.457 e. The Labute approximate surface area is 135 Å². The first kappa shape index (κ1) is 13.8. The quantitative estimate of drug-likeness (QED) is 0.658. The van der Waals surface area contributed by atoms with E-state index in [0.717, 1.165) is 40.2 Å². The fourth-order valence-corrected chi connectivity index (χ4v) is 2.98. The van der Waals surface area contributed by atoms with Crippen LogP contribution < -0.4 is 4.74 Å². The molecule has 0 aliphatic heterocycles. The third kappa shape index (κ3) is 2.76. The minimum atomic E-state index is 0.262. The molecule has 0 bridgehead atoms. The summed E-state index contributed by atoms with van der Waals surface area (Å²) in [6, 6.07) is 23.9. The lowest BCUT2D eigenvalue weighted by molar-refractivity contribution is 0.0994. The van der Waals surface area contributed by atoms with Gasteiger partial charge in [-0.3, -0.25) is 4.79 Å². The van der Waals surface area contributed by atoms with Crippen LogP contribution in [-0.4, -0.2) is 5.78 Å². The molecule has 0 N–H and O–H groups in total. The number of benzene rings is 3. The van der Waals surface area contributed by atoms with E-state index >= 15 is 0 Å². The topological polar surface area (TPSA) is 26.3 Å². The number of Topliss-reactive ketones (excluding diaryl/α,β-unsaturated/α-hetero) is 1. The lowest BCUT2D eigenvalue weighted by atomic mass is 10.0. The van der Waals surface area contributed by atoms with E-state index in [-0.39, 0.29) is 5.78 Å². The van der Waals surface area contributed by atoms with Crippen molar-refractivity contribution in [3.05, 3.63) is 83.9 Å². The molecular formula is C21H16O2. The number of ether oxygens (including phenoxy) is 1. The number of aryl methyl sites for hydroxylation is 1. The van der Waals surface area contributed by atoms with Crippen LogP contribution in [0.1, 0.15) is 22.3 Å². The molecule has 0 radical (unpaired) electrons. The average molecular weight is 300 g/mol. The summed E-state index contributed by atoms with van der Waals surface area (Å²) >= 11 is 0. The second kappa shape index (κ2) is 5.73. The van der Waals surface area contributed by atoms with Gasteiger partial charge in [0.2, 0.25) is 0 Å². The fraction of sp³-hybridized carbons (Fsp3) is 0.0952. The van der Waals surface area contributed by atoms with E-state index in [1.54, 1.807) is 0 Å². The maximum Gasteiger partial charge on any atom is 0.163 e. The molecule has 0 spiro atoms. The van der Waals surface area contributed by atoms with E-state index in [4.69, 9.17) is 4.74 Å². The minimum Gasteiger partial charge on any atom is -0.457 e. The molecule has 3 aromatic rings. The smallest absolute Gasteiger partial charge is 0.163 e. The van der Waals surface area contributed by atoms with E-state index in [2.05, 4.69) is 18.2 Å². The summed E-state index contributed by atoms with van der Waals surface area (Å²) in [5, 5.41) is 0. The van der Waals surface area contributed by atoms with Crippen LogP contribution in [-0.2, 0) is 6.42 Å². The molecule has 0 saturated carbocycles. The minimum absolute atomic E-state index is 0.262. The number of hydrogen-bond donors (Lipinski definition) is 0. The average Bonchev–Trinajstić information content (AvgIpc) is 2.97. The number of para-hydroxylation sites is 1. The lowest BCUT2D eigenvalue weighted by Gasteiger charge is -2.08. The van der Waals surface area contributed by atoms with Gasteiger partial charge in [-0.2, -0.15) is 0 Å². The van der Waals surface area contributed by atoms with Crippen LogP contribution in [0.3, 0.4) is 0 Å². The Hall–Kier alpha value is -2.87. The van der Waals surface area contributed by atoms with E-state index in [1.165, 1.54) is 0 Å². The predicted molar refractivity (Wildman–Crippen MR) is 91.0 cm³/mol. The highest BCUT2D eigenvalue weighted by molar-refractivity contribution is 6.00. The van der Waals surface area contributed by atoms with Crippen LogP contribution in [0.15, 0.2) is 72.8 Å². The molecule has 3 aromatic carbocycles. The molecule has 2 nitrogen and oxygen atoms in total. The summed E-state index contributed by atoms with van der Waals surface area (Å²) in [4.78, 5) is 11.7. The van der Waals surface area contributed by atoms with Crippen molar-refractivity contribution >= 4 is 5.78 Å². The first-order valence-electron chi connectivity index (χ1n) is 7.79. The summed E-state index contributed by atoms with van der Waals surface area (Å²) in [5.41, 5.74) is 4.33. The predicted octanol–water partition coefficient (Wildman–Crippen LogP) is 5.27. The number of carbonyl (C=O) groups is 1. The Kier molecular flexibility index (Phi) is 3.43. The molecule has 112 valence electrons. The summed E-state index contributed by atoms with van der Waals surface area (Å²) in [5.74, 6) is 1.91. The zero-order valence-electron chi connectivity index (χ0n) is 12.7. The molecule has 0 aromatic heterocycles. The van der Waals surface area contributed by atoms with Crippen molar-refractivity contribution < 1.29 is 9.53 Å². The summed E-state index contributed by atoms with van der Waals surface area (Å²) < 4.78 is 5.81. The molecule has 0 fully saturated rings. The Balaban J connectivity index is 1.58. The van der Waals surface area contributed by atoms with Gasteiger partial charge in [-0.05, 0) is 47.4 Å². The van der Waals surface area contributed by atoms with Crippen molar-refractivity contribution in [1.82, 2.24) is 0 Å². The van der Waals surface area contributed by atoms with Crippen molar-refractivity contribution in [2.75, 3.05) is 0 Å². The molecule has 1 aliphatic carbocycles. The molecule has 0 atom stereocenters. The molecule has 1 aliphatic rings. The Morgan fingerprint density at radius 3 is 2.17 bits per heavy atom. The fourth-order valence-electron chi connectivity index (χ4n) is 2.98. The number of hydrogen-bond acceptors (Lipinski definition) is 2. The van der Waals surface area contributed by atoms with E-state index in [1.807, 2.05) is 54.6 Å². The molecule has 0 heterocycles. The standard InChI is InChI=1S/C21H16O2/c22-21-13-9-17-14-16(8-12-20(17)21)15-6-10-19(11-7-15)23-18-4-2-1-3-5-18/h1-8,10-12,14H,9,13H2. The Morgan fingerprint density at radius 2 is 1.39 bits per heavy atom. The second-order valence-corrected chi connectivity index (χ2v) is 5.73.